The number of aliphatic imine (C=N–C) groups is 1. The molecule has 2 N–H and O–H groups in total. The van der Waals surface area contributed by atoms with Crippen LogP contribution in [0.15, 0.2) is 23.2 Å². The Morgan fingerprint density at radius 1 is 1.48 bits per heavy atom. The van der Waals surface area contributed by atoms with Crippen LogP contribution in [0.25, 0.3) is 0 Å². The van der Waals surface area contributed by atoms with E-state index in [1.54, 1.807) is 13.1 Å². The summed E-state index contributed by atoms with van der Waals surface area (Å²) < 4.78 is 24.0. The van der Waals surface area contributed by atoms with Crippen molar-refractivity contribution in [3.63, 3.8) is 0 Å². The summed E-state index contributed by atoms with van der Waals surface area (Å²) in [5.41, 5.74) is 0.827. The highest BCUT2D eigenvalue weighted by Gasteiger charge is 2.15. The Morgan fingerprint density at radius 2 is 2.33 bits per heavy atom. The zero-order valence-corrected chi connectivity index (χ0v) is 12.5. The first-order valence-corrected chi connectivity index (χ1v) is 7.11. The molecule has 116 valence electrons. The van der Waals surface area contributed by atoms with Crippen molar-refractivity contribution >= 4 is 5.96 Å². The van der Waals surface area contributed by atoms with Crippen LogP contribution >= 0.6 is 0 Å². The number of benzene rings is 1. The number of ether oxygens (including phenoxy) is 2. The molecule has 0 spiro atoms. The smallest absolute Gasteiger partial charge is 0.191 e. The third kappa shape index (κ3) is 4.60. The highest BCUT2D eigenvalue weighted by Crippen LogP contribution is 2.17. The minimum absolute atomic E-state index is 0.250. The molecular weight excluding hydrogens is 273 g/mol. The molecule has 1 aromatic rings. The van der Waals surface area contributed by atoms with Crippen molar-refractivity contribution in [3.8, 4) is 5.75 Å². The molecule has 21 heavy (non-hydrogen) atoms. The van der Waals surface area contributed by atoms with E-state index < -0.39 is 0 Å². The molecule has 0 aromatic heterocycles. The maximum atomic E-state index is 13.6. The summed E-state index contributed by atoms with van der Waals surface area (Å²) in [4.78, 5) is 4.14. The molecule has 0 aliphatic carbocycles. The second-order valence-electron chi connectivity index (χ2n) is 4.91. The fourth-order valence-corrected chi connectivity index (χ4v) is 2.24. The van der Waals surface area contributed by atoms with Crippen LogP contribution in [0.1, 0.15) is 18.4 Å². The van der Waals surface area contributed by atoms with E-state index >= 15 is 0 Å². The average Bonchev–Trinajstić information content (AvgIpc) is 3.01. The molecular formula is C15H22FN3O2. The molecule has 1 atom stereocenters. The Kier molecular flexibility index (Phi) is 5.80. The van der Waals surface area contributed by atoms with Gasteiger partial charge in [0.2, 0.25) is 0 Å². The fourth-order valence-electron chi connectivity index (χ4n) is 2.24. The van der Waals surface area contributed by atoms with Crippen molar-refractivity contribution in [2.24, 2.45) is 4.99 Å². The molecule has 2 rings (SSSR count). The van der Waals surface area contributed by atoms with E-state index in [9.17, 15) is 4.39 Å². The molecule has 1 aliphatic rings. The van der Waals surface area contributed by atoms with Crippen LogP contribution in [-0.4, -0.2) is 39.4 Å². The van der Waals surface area contributed by atoms with E-state index in [1.165, 1.54) is 13.2 Å². The van der Waals surface area contributed by atoms with E-state index in [2.05, 4.69) is 15.6 Å². The third-order valence-electron chi connectivity index (χ3n) is 3.42. The summed E-state index contributed by atoms with van der Waals surface area (Å²) in [6.07, 6.45) is 2.44. The molecule has 0 amide bonds. The Labute approximate surface area is 124 Å². The summed E-state index contributed by atoms with van der Waals surface area (Å²) in [6.45, 7) is 2.06. The number of methoxy groups -OCH3 is 1. The van der Waals surface area contributed by atoms with E-state index in [4.69, 9.17) is 9.47 Å². The van der Waals surface area contributed by atoms with Gasteiger partial charge in [0.1, 0.15) is 0 Å². The largest absolute Gasteiger partial charge is 0.494 e. The van der Waals surface area contributed by atoms with E-state index in [0.717, 1.165) is 31.6 Å². The predicted octanol–water partition coefficient (Wildman–Crippen LogP) is 1.68. The summed E-state index contributed by atoms with van der Waals surface area (Å²) >= 11 is 0. The van der Waals surface area contributed by atoms with Crippen molar-refractivity contribution in [1.82, 2.24) is 10.6 Å². The lowest BCUT2D eigenvalue weighted by atomic mass is 10.2. The predicted molar refractivity (Wildman–Crippen MR) is 80.1 cm³/mol. The molecule has 1 saturated heterocycles. The van der Waals surface area contributed by atoms with Gasteiger partial charge in [0.05, 0.1) is 13.2 Å². The number of hydrogen-bond donors (Lipinski definition) is 2. The molecule has 6 heteroatoms. The highest BCUT2D eigenvalue weighted by molar-refractivity contribution is 5.79. The van der Waals surface area contributed by atoms with Gasteiger partial charge in [-0.3, -0.25) is 4.99 Å². The van der Waals surface area contributed by atoms with Gasteiger partial charge >= 0.3 is 0 Å². The molecule has 5 nitrogen and oxygen atoms in total. The van der Waals surface area contributed by atoms with Crippen molar-refractivity contribution in [1.29, 1.82) is 0 Å². The molecule has 1 unspecified atom stereocenters. The number of nitrogens with one attached hydrogen (secondary N) is 2. The molecule has 1 heterocycles. The van der Waals surface area contributed by atoms with Crippen LogP contribution < -0.4 is 15.4 Å². The lowest BCUT2D eigenvalue weighted by Crippen LogP contribution is -2.40. The molecule has 1 fully saturated rings. The lowest BCUT2D eigenvalue weighted by molar-refractivity contribution is 0.114. The van der Waals surface area contributed by atoms with Crippen LogP contribution in [0.2, 0.25) is 0 Å². The van der Waals surface area contributed by atoms with Crippen LogP contribution in [0, 0.1) is 5.82 Å². The van der Waals surface area contributed by atoms with Crippen LogP contribution in [0.4, 0.5) is 4.39 Å². The molecule has 1 aromatic carbocycles. The molecule has 1 aliphatic heterocycles. The van der Waals surface area contributed by atoms with Gasteiger partial charge in [-0.25, -0.2) is 4.39 Å². The Morgan fingerprint density at radius 3 is 2.95 bits per heavy atom. The number of rotatable bonds is 5. The van der Waals surface area contributed by atoms with Gasteiger partial charge in [0, 0.05) is 26.7 Å². The first kappa shape index (κ1) is 15.6. The SMILES string of the molecule is CN=C(NCc1ccc(OC)c(F)c1)NCC1CCCO1. The summed E-state index contributed by atoms with van der Waals surface area (Å²) in [6, 6.07) is 4.90. The molecule has 0 bridgehead atoms. The topological polar surface area (TPSA) is 54.9 Å². The van der Waals surface area contributed by atoms with Crippen LogP contribution in [0.5, 0.6) is 5.75 Å². The standard InChI is InChI=1S/C15H22FN3O2/c1-17-15(19-10-12-4-3-7-21-12)18-9-11-5-6-14(20-2)13(16)8-11/h5-6,8,12H,3-4,7,9-10H2,1-2H3,(H2,17,18,19). The van der Waals surface area contributed by atoms with Crippen molar-refractivity contribution in [2.45, 2.75) is 25.5 Å². The monoisotopic (exact) mass is 295 g/mol. The minimum Gasteiger partial charge on any atom is -0.494 e. The van der Waals surface area contributed by atoms with Crippen LogP contribution in [-0.2, 0) is 11.3 Å². The van der Waals surface area contributed by atoms with E-state index in [-0.39, 0.29) is 17.7 Å². The highest BCUT2D eigenvalue weighted by atomic mass is 19.1. The van der Waals surface area contributed by atoms with Crippen LogP contribution in [0.3, 0.4) is 0 Å². The fraction of sp³-hybridized carbons (Fsp3) is 0.533. The minimum atomic E-state index is -0.362. The van der Waals surface area contributed by atoms with E-state index in [1.807, 2.05) is 6.07 Å². The quantitative estimate of drug-likeness (QED) is 0.641. The Bertz CT molecular complexity index is 488. The number of nitrogens with zero attached hydrogens (tertiary/aromatic N) is 1. The van der Waals surface area contributed by atoms with Gasteiger partial charge in [-0.1, -0.05) is 6.07 Å². The van der Waals surface area contributed by atoms with Gasteiger partial charge in [0.25, 0.3) is 0 Å². The van der Waals surface area contributed by atoms with Gasteiger partial charge in [0.15, 0.2) is 17.5 Å². The van der Waals surface area contributed by atoms with Gasteiger partial charge in [-0.2, -0.15) is 0 Å². The maximum absolute atomic E-state index is 13.6. The summed E-state index contributed by atoms with van der Waals surface area (Å²) in [5, 5.41) is 6.36. The Balaban J connectivity index is 1.80. The normalized spacial score (nSPS) is 18.6. The molecule has 0 radical (unpaired) electrons. The number of guanidine groups is 1. The second-order valence-corrected chi connectivity index (χ2v) is 4.91. The third-order valence-corrected chi connectivity index (χ3v) is 3.42. The maximum Gasteiger partial charge on any atom is 0.191 e. The number of hydrogen-bond acceptors (Lipinski definition) is 3. The average molecular weight is 295 g/mol. The van der Waals surface area contributed by atoms with Crippen molar-refractivity contribution in [2.75, 3.05) is 27.3 Å². The second kappa shape index (κ2) is 7.83. The zero-order valence-electron chi connectivity index (χ0n) is 12.5. The van der Waals surface area contributed by atoms with Gasteiger partial charge < -0.3 is 20.1 Å². The van der Waals surface area contributed by atoms with Crippen molar-refractivity contribution < 1.29 is 13.9 Å². The first-order chi connectivity index (χ1) is 10.2. The van der Waals surface area contributed by atoms with Gasteiger partial charge in [-0.15, -0.1) is 0 Å². The van der Waals surface area contributed by atoms with Gasteiger partial charge in [-0.05, 0) is 30.5 Å². The summed E-state index contributed by atoms with van der Waals surface area (Å²) in [7, 11) is 3.16. The Hall–Kier alpha value is -1.82. The van der Waals surface area contributed by atoms with E-state index in [0.29, 0.717) is 12.5 Å². The van der Waals surface area contributed by atoms with Crippen molar-refractivity contribution in [3.05, 3.63) is 29.6 Å². The number of halogens is 1. The zero-order chi connectivity index (χ0) is 15.1. The first-order valence-electron chi connectivity index (χ1n) is 7.11. The molecule has 0 saturated carbocycles. The lowest BCUT2D eigenvalue weighted by Gasteiger charge is -2.15. The summed E-state index contributed by atoms with van der Waals surface area (Å²) in [5.74, 6) is 0.570.